The van der Waals surface area contributed by atoms with Gasteiger partial charge in [0.2, 0.25) is 0 Å². The van der Waals surface area contributed by atoms with Crippen molar-refractivity contribution in [2.45, 2.75) is 90.4 Å². The molecule has 0 unspecified atom stereocenters. The fourth-order valence-electron chi connectivity index (χ4n) is 4.84. The van der Waals surface area contributed by atoms with Gasteiger partial charge in [-0.3, -0.25) is 9.80 Å². The molecule has 3 atom stereocenters. The molecule has 6 heteroatoms. The molecular weight excluding hydrogens is 380 g/mol. The van der Waals surface area contributed by atoms with Crippen LogP contribution in [0.2, 0.25) is 0 Å². The number of ether oxygens (including phenoxy) is 2. The summed E-state index contributed by atoms with van der Waals surface area (Å²) in [5, 5.41) is 11.0. The van der Waals surface area contributed by atoms with E-state index in [1.807, 2.05) is 59.7 Å². The molecule has 168 valence electrons. The molecule has 0 bridgehead atoms. The lowest BCUT2D eigenvalue weighted by Gasteiger charge is -2.41. The summed E-state index contributed by atoms with van der Waals surface area (Å²) in [5.41, 5.74) is 0.0180. The maximum atomic E-state index is 13.3. The summed E-state index contributed by atoms with van der Waals surface area (Å²) in [7, 11) is 0. The molecule has 0 radical (unpaired) electrons. The van der Waals surface area contributed by atoms with Crippen molar-refractivity contribution in [3.8, 4) is 0 Å². The maximum Gasteiger partial charge on any atom is 0.413 e. The first-order chi connectivity index (χ1) is 14.0. The molecular formula is C24H38N2O4. The van der Waals surface area contributed by atoms with Gasteiger partial charge in [-0.15, -0.1) is 0 Å². The van der Waals surface area contributed by atoms with Gasteiger partial charge < -0.3 is 14.6 Å². The van der Waals surface area contributed by atoms with E-state index in [1.165, 1.54) is 5.56 Å². The second kappa shape index (κ2) is 8.85. The Labute approximate surface area is 181 Å². The number of nitrogens with zero attached hydrogens (tertiary/aromatic N) is 2. The third-order valence-corrected chi connectivity index (χ3v) is 6.38. The van der Waals surface area contributed by atoms with E-state index >= 15 is 0 Å². The SMILES string of the molecule is CC(C)[C@@H](O)[C@@H](OC(=O)N1C(C)(C)COC1(C)C)[C@@H]1CCCN1Cc1ccccc1. The normalized spacial score (nSPS) is 25.5. The van der Waals surface area contributed by atoms with Crippen LogP contribution in [0.3, 0.4) is 0 Å². The Morgan fingerprint density at radius 2 is 1.90 bits per heavy atom. The van der Waals surface area contributed by atoms with Gasteiger partial charge in [0.25, 0.3) is 0 Å². The summed E-state index contributed by atoms with van der Waals surface area (Å²) in [6.45, 7) is 13.8. The Kier molecular flexibility index (Phi) is 6.80. The Morgan fingerprint density at radius 1 is 1.23 bits per heavy atom. The zero-order valence-electron chi connectivity index (χ0n) is 19.3. The number of benzene rings is 1. The second-order valence-electron chi connectivity index (χ2n) is 10.1. The molecule has 0 aliphatic carbocycles. The van der Waals surface area contributed by atoms with Crippen LogP contribution in [0.15, 0.2) is 30.3 Å². The van der Waals surface area contributed by atoms with Crippen molar-refractivity contribution >= 4 is 6.09 Å². The summed E-state index contributed by atoms with van der Waals surface area (Å²) in [6, 6.07) is 10.3. The third kappa shape index (κ3) is 4.82. The Morgan fingerprint density at radius 3 is 2.47 bits per heavy atom. The molecule has 1 N–H and O–H groups in total. The third-order valence-electron chi connectivity index (χ3n) is 6.38. The van der Waals surface area contributed by atoms with Crippen molar-refractivity contribution in [3.63, 3.8) is 0 Å². The molecule has 2 fully saturated rings. The summed E-state index contributed by atoms with van der Waals surface area (Å²) >= 11 is 0. The van der Waals surface area contributed by atoms with Gasteiger partial charge in [-0.05, 0) is 58.6 Å². The lowest BCUT2D eigenvalue weighted by atomic mass is 9.94. The van der Waals surface area contributed by atoms with Crippen LogP contribution < -0.4 is 0 Å². The largest absolute Gasteiger partial charge is 0.442 e. The molecule has 1 aromatic rings. The first-order valence-corrected chi connectivity index (χ1v) is 11.1. The van der Waals surface area contributed by atoms with E-state index in [9.17, 15) is 9.90 Å². The van der Waals surface area contributed by atoms with Gasteiger partial charge in [0.15, 0.2) is 0 Å². The predicted molar refractivity (Wildman–Crippen MR) is 117 cm³/mol. The van der Waals surface area contributed by atoms with Crippen molar-refractivity contribution in [1.29, 1.82) is 0 Å². The smallest absolute Gasteiger partial charge is 0.413 e. The molecule has 2 heterocycles. The quantitative estimate of drug-likeness (QED) is 0.756. The van der Waals surface area contributed by atoms with E-state index in [4.69, 9.17) is 9.47 Å². The molecule has 0 aromatic heterocycles. The van der Waals surface area contributed by atoms with Gasteiger partial charge >= 0.3 is 6.09 Å². The Hall–Kier alpha value is -1.63. The molecule has 2 saturated heterocycles. The van der Waals surface area contributed by atoms with E-state index in [0.717, 1.165) is 25.9 Å². The molecule has 0 saturated carbocycles. The van der Waals surface area contributed by atoms with Crippen LogP contribution in [0.5, 0.6) is 0 Å². The molecule has 0 spiro atoms. The highest BCUT2D eigenvalue weighted by molar-refractivity contribution is 5.70. The molecule has 2 aliphatic heterocycles. The van der Waals surface area contributed by atoms with Crippen molar-refractivity contribution in [3.05, 3.63) is 35.9 Å². The Balaban J connectivity index is 1.81. The van der Waals surface area contributed by atoms with Crippen molar-refractivity contribution < 1.29 is 19.4 Å². The molecule has 6 nitrogen and oxygen atoms in total. The molecule has 2 aliphatic rings. The van der Waals surface area contributed by atoms with Crippen LogP contribution in [-0.2, 0) is 16.0 Å². The van der Waals surface area contributed by atoms with Crippen molar-refractivity contribution in [2.24, 2.45) is 5.92 Å². The highest BCUT2D eigenvalue weighted by Gasteiger charge is 2.51. The van der Waals surface area contributed by atoms with E-state index in [2.05, 4.69) is 17.0 Å². The van der Waals surface area contributed by atoms with Crippen LogP contribution in [-0.4, -0.2) is 63.7 Å². The summed E-state index contributed by atoms with van der Waals surface area (Å²) in [6.07, 6.45) is 0.192. The fourth-order valence-corrected chi connectivity index (χ4v) is 4.84. The number of aliphatic hydroxyl groups is 1. The molecule has 1 amide bonds. The average Bonchev–Trinajstić information content (AvgIpc) is 3.20. The predicted octanol–water partition coefficient (Wildman–Crippen LogP) is 4.02. The van der Waals surface area contributed by atoms with Crippen LogP contribution in [0.1, 0.15) is 59.9 Å². The van der Waals surface area contributed by atoms with Gasteiger partial charge in [0.1, 0.15) is 11.8 Å². The van der Waals surface area contributed by atoms with Crippen molar-refractivity contribution in [2.75, 3.05) is 13.2 Å². The van der Waals surface area contributed by atoms with Crippen molar-refractivity contribution in [1.82, 2.24) is 9.80 Å². The molecule has 30 heavy (non-hydrogen) atoms. The zero-order chi connectivity index (χ0) is 22.1. The number of amides is 1. The lowest BCUT2D eigenvalue weighted by Crippen LogP contribution is -2.56. The van der Waals surface area contributed by atoms with E-state index in [-0.39, 0.29) is 12.0 Å². The summed E-state index contributed by atoms with van der Waals surface area (Å²) in [4.78, 5) is 17.3. The first kappa shape index (κ1) is 23.0. The highest BCUT2D eigenvalue weighted by atomic mass is 16.6. The molecule has 3 rings (SSSR count). The molecule has 1 aromatic carbocycles. The minimum absolute atomic E-state index is 0.0127. The number of rotatable bonds is 6. The monoisotopic (exact) mass is 418 g/mol. The first-order valence-electron chi connectivity index (χ1n) is 11.1. The lowest BCUT2D eigenvalue weighted by molar-refractivity contribution is -0.0942. The average molecular weight is 419 g/mol. The van der Waals surface area contributed by atoms with Crippen LogP contribution in [0, 0.1) is 5.92 Å². The summed E-state index contributed by atoms with van der Waals surface area (Å²) in [5.74, 6) is -0.0159. The minimum atomic E-state index is -0.743. The topological polar surface area (TPSA) is 62.2 Å². The zero-order valence-corrected chi connectivity index (χ0v) is 19.3. The Bertz CT molecular complexity index is 703. The van der Waals surface area contributed by atoms with Gasteiger partial charge in [0.05, 0.1) is 18.2 Å². The number of hydrogen-bond donors (Lipinski definition) is 1. The second-order valence-corrected chi connectivity index (χ2v) is 10.1. The number of aliphatic hydroxyl groups excluding tert-OH is 1. The number of likely N-dealkylation sites (tertiary alicyclic amines) is 1. The van der Waals surface area contributed by atoms with E-state index < -0.39 is 29.6 Å². The fraction of sp³-hybridized carbons (Fsp3) is 0.708. The number of carbonyl (C=O) groups is 1. The van der Waals surface area contributed by atoms with Gasteiger partial charge in [-0.25, -0.2) is 4.79 Å². The van der Waals surface area contributed by atoms with Crippen LogP contribution in [0.4, 0.5) is 4.79 Å². The number of hydrogen-bond acceptors (Lipinski definition) is 5. The van der Waals surface area contributed by atoms with Gasteiger partial charge in [-0.2, -0.15) is 0 Å². The van der Waals surface area contributed by atoms with E-state index in [0.29, 0.717) is 6.61 Å². The van der Waals surface area contributed by atoms with Crippen LogP contribution >= 0.6 is 0 Å². The minimum Gasteiger partial charge on any atom is -0.442 e. The maximum absolute atomic E-state index is 13.3. The summed E-state index contributed by atoms with van der Waals surface area (Å²) < 4.78 is 12.0. The number of carbonyl (C=O) groups excluding carboxylic acids is 1. The van der Waals surface area contributed by atoms with Gasteiger partial charge in [-0.1, -0.05) is 44.2 Å². The van der Waals surface area contributed by atoms with Gasteiger partial charge in [0, 0.05) is 12.6 Å². The van der Waals surface area contributed by atoms with Crippen LogP contribution in [0.25, 0.3) is 0 Å². The van der Waals surface area contributed by atoms with E-state index in [1.54, 1.807) is 4.90 Å². The standard InChI is InChI=1S/C24H38N2O4/c1-17(2)20(27)21(30-22(28)26-23(3,4)16-29-24(26,5)6)19-13-10-14-25(19)15-18-11-8-7-9-12-18/h7-9,11-12,17,19-21,27H,10,13-16H2,1-6H3/t19-,20+,21-/m0/s1. The highest BCUT2D eigenvalue weighted by Crippen LogP contribution is 2.36.